The maximum Gasteiger partial charge on any atom is 0.0482 e. The van der Waals surface area contributed by atoms with Crippen molar-refractivity contribution in [3.05, 3.63) is 72.1 Å². The maximum absolute atomic E-state index is 2.31. The number of hydrogen-bond acceptors (Lipinski definition) is 1. The second-order valence-electron chi connectivity index (χ2n) is 5.18. The lowest BCUT2D eigenvalue weighted by Crippen LogP contribution is -1.97. The van der Waals surface area contributed by atoms with E-state index in [4.69, 9.17) is 0 Å². The highest BCUT2D eigenvalue weighted by molar-refractivity contribution is 7.98. The summed E-state index contributed by atoms with van der Waals surface area (Å²) >= 11 is 1.82. The topological polar surface area (TPSA) is 4.93 Å². The van der Waals surface area contributed by atoms with Gasteiger partial charge in [0.2, 0.25) is 0 Å². The van der Waals surface area contributed by atoms with Gasteiger partial charge in [-0.1, -0.05) is 48.5 Å². The van der Waals surface area contributed by atoms with Crippen molar-refractivity contribution in [1.29, 1.82) is 0 Å². The predicted octanol–water partition coefficient (Wildman–Crippen LogP) is 5.48. The maximum atomic E-state index is 2.31. The van der Waals surface area contributed by atoms with E-state index in [9.17, 15) is 0 Å². The van der Waals surface area contributed by atoms with E-state index in [-0.39, 0.29) is 0 Å². The molecule has 0 radical (unpaired) electrons. The first-order chi connectivity index (χ1) is 10.2. The quantitative estimate of drug-likeness (QED) is 0.579. The fraction of sp³-hybridized carbons (Fsp3) is 0.158. The minimum absolute atomic E-state index is 1.26. The smallest absolute Gasteiger partial charge is 0.0482 e. The number of para-hydroxylation sites is 1. The second kappa shape index (κ2) is 5.82. The molecule has 1 aromatic heterocycles. The summed E-state index contributed by atoms with van der Waals surface area (Å²) in [7, 11) is 0. The largest absolute Gasteiger partial charge is 0.319 e. The number of hydrogen-bond donors (Lipinski definition) is 0. The van der Waals surface area contributed by atoms with Crippen LogP contribution in [0, 0.1) is 13.8 Å². The van der Waals surface area contributed by atoms with Crippen LogP contribution in [0.5, 0.6) is 0 Å². The molecule has 0 spiro atoms. The molecule has 0 unspecified atom stereocenters. The minimum Gasteiger partial charge on any atom is -0.319 e. The number of rotatable bonds is 3. The molecule has 0 aliphatic heterocycles. The summed E-state index contributed by atoms with van der Waals surface area (Å²) < 4.78 is 2.31. The summed E-state index contributed by atoms with van der Waals surface area (Å²) in [6.45, 7) is 4.36. The molecule has 0 N–H and O–H groups in total. The summed E-state index contributed by atoms with van der Waals surface area (Å²) in [6.07, 6.45) is 4.41. The summed E-state index contributed by atoms with van der Waals surface area (Å²) in [5.41, 5.74) is 6.44. The Morgan fingerprint density at radius 2 is 1.52 bits per heavy atom. The second-order valence-corrected chi connectivity index (χ2v) is 6.00. The van der Waals surface area contributed by atoms with Crippen molar-refractivity contribution in [3.63, 3.8) is 0 Å². The third kappa shape index (κ3) is 2.52. The Kier molecular flexibility index (Phi) is 3.89. The number of nitrogens with zero attached hydrogens (tertiary/aromatic N) is 1. The van der Waals surface area contributed by atoms with Crippen molar-refractivity contribution >= 4 is 11.8 Å². The molecule has 2 heteroatoms. The van der Waals surface area contributed by atoms with Gasteiger partial charge in [0.1, 0.15) is 0 Å². The zero-order chi connectivity index (χ0) is 14.8. The summed E-state index contributed by atoms with van der Waals surface area (Å²) in [5, 5.41) is 0. The molecule has 0 saturated carbocycles. The van der Waals surface area contributed by atoms with Crippen LogP contribution in [-0.2, 0) is 0 Å². The lowest BCUT2D eigenvalue weighted by atomic mass is 10.1. The van der Waals surface area contributed by atoms with Crippen molar-refractivity contribution in [2.75, 3.05) is 6.26 Å². The van der Waals surface area contributed by atoms with Crippen LogP contribution in [0.1, 0.15) is 11.3 Å². The van der Waals surface area contributed by atoms with Gasteiger partial charge < -0.3 is 4.57 Å². The summed E-state index contributed by atoms with van der Waals surface area (Å²) in [6, 6.07) is 19.1. The van der Waals surface area contributed by atoms with E-state index in [2.05, 4.69) is 85.5 Å². The Bertz CT molecular complexity index is 756. The minimum atomic E-state index is 1.26. The van der Waals surface area contributed by atoms with Crippen LogP contribution >= 0.6 is 11.8 Å². The van der Waals surface area contributed by atoms with Crippen molar-refractivity contribution in [2.45, 2.75) is 18.7 Å². The van der Waals surface area contributed by atoms with E-state index in [0.29, 0.717) is 0 Å². The van der Waals surface area contributed by atoms with Gasteiger partial charge in [0.15, 0.2) is 0 Å². The van der Waals surface area contributed by atoms with Gasteiger partial charge in [-0.3, -0.25) is 0 Å². The van der Waals surface area contributed by atoms with Crippen molar-refractivity contribution in [3.8, 4) is 16.8 Å². The van der Waals surface area contributed by atoms with Gasteiger partial charge in [-0.25, -0.2) is 0 Å². The Labute approximate surface area is 130 Å². The monoisotopic (exact) mass is 293 g/mol. The first-order valence-corrected chi connectivity index (χ1v) is 8.32. The fourth-order valence-corrected chi connectivity index (χ4v) is 3.54. The number of aryl methyl sites for hydroxylation is 1. The molecule has 1 heterocycles. The molecule has 3 aromatic rings. The van der Waals surface area contributed by atoms with Crippen LogP contribution in [0.2, 0.25) is 0 Å². The SMILES string of the molecule is CSc1c(-c2ccccc2)cn(-c2ccccc2C)c1C. The number of thioether (sulfide) groups is 1. The average molecular weight is 293 g/mol. The highest BCUT2D eigenvalue weighted by atomic mass is 32.2. The molecule has 106 valence electrons. The van der Waals surface area contributed by atoms with Gasteiger partial charge in [0, 0.05) is 28.0 Å². The zero-order valence-corrected chi connectivity index (χ0v) is 13.4. The van der Waals surface area contributed by atoms with E-state index >= 15 is 0 Å². The van der Waals surface area contributed by atoms with Crippen LogP contribution in [-0.4, -0.2) is 10.8 Å². The van der Waals surface area contributed by atoms with E-state index in [0.717, 1.165) is 0 Å². The molecule has 0 aliphatic rings. The molecule has 21 heavy (non-hydrogen) atoms. The third-order valence-electron chi connectivity index (χ3n) is 3.86. The molecule has 2 aromatic carbocycles. The normalized spacial score (nSPS) is 10.8. The van der Waals surface area contributed by atoms with Crippen LogP contribution in [0.3, 0.4) is 0 Å². The van der Waals surface area contributed by atoms with Gasteiger partial charge in [-0.15, -0.1) is 11.8 Å². The lowest BCUT2D eigenvalue weighted by Gasteiger charge is -2.09. The molecular weight excluding hydrogens is 274 g/mol. The van der Waals surface area contributed by atoms with Gasteiger partial charge in [-0.2, -0.15) is 0 Å². The van der Waals surface area contributed by atoms with Crippen molar-refractivity contribution in [1.82, 2.24) is 4.57 Å². The van der Waals surface area contributed by atoms with Crippen LogP contribution < -0.4 is 0 Å². The van der Waals surface area contributed by atoms with Crippen molar-refractivity contribution in [2.24, 2.45) is 0 Å². The molecule has 0 saturated heterocycles. The Morgan fingerprint density at radius 3 is 2.19 bits per heavy atom. The van der Waals surface area contributed by atoms with Crippen LogP contribution in [0.15, 0.2) is 65.7 Å². The molecule has 3 rings (SSSR count). The van der Waals surface area contributed by atoms with Gasteiger partial charge in [0.25, 0.3) is 0 Å². The standard InChI is InChI=1S/C19H19NS/c1-14-9-7-8-12-18(14)20-13-17(19(21-3)15(20)2)16-10-5-4-6-11-16/h4-13H,1-3H3. The zero-order valence-electron chi connectivity index (χ0n) is 12.6. The van der Waals surface area contributed by atoms with Crippen LogP contribution in [0.25, 0.3) is 16.8 Å². The van der Waals surface area contributed by atoms with Crippen molar-refractivity contribution < 1.29 is 0 Å². The molecule has 0 atom stereocenters. The molecule has 0 fully saturated rings. The van der Waals surface area contributed by atoms with Gasteiger partial charge in [0.05, 0.1) is 0 Å². The molecule has 0 aliphatic carbocycles. The molecular formula is C19H19NS. The van der Waals surface area contributed by atoms with E-state index in [1.807, 2.05) is 11.8 Å². The fourth-order valence-electron chi connectivity index (χ4n) is 2.75. The summed E-state index contributed by atoms with van der Waals surface area (Å²) in [5.74, 6) is 0. The predicted molar refractivity (Wildman–Crippen MR) is 92.5 cm³/mol. The Balaban J connectivity index is 2.21. The van der Waals surface area contributed by atoms with E-state index in [1.165, 1.54) is 33.0 Å². The third-order valence-corrected chi connectivity index (χ3v) is 4.78. The number of aromatic nitrogens is 1. The first-order valence-electron chi connectivity index (χ1n) is 7.09. The molecule has 0 amide bonds. The first kappa shape index (κ1) is 14.0. The van der Waals surface area contributed by atoms with Gasteiger partial charge in [-0.05, 0) is 37.3 Å². The lowest BCUT2D eigenvalue weighted by molar-refractivity contribution is 0.983. The Morgan fingerprint density at radius 1 is 0.857 bits per heavy atom. The molecule has 1 nitrogen and oxygen atoms in total. The highest BCUT2D eigenvalue weighted by Gasteiger charge is 2.15. The summed E-state index contributed by atoms with van der Waals surface area (Å²) in [4.78, 5) is 1.35. The highest BCUT2D eigenvalue weighted by Crippen LogP contribution is 2.36. The average Bonchev–Trinajstić information content (AvgIpc) is 2.85. The van der Waals surface area contributed by atoms with Crippen LogP contribution in [0.4, 0.5) is 0 Å². The van der Waals surface area contributed by atoms with E-state index < -0.39 is 0 Å². The van der Waals surface area contributed by atoms with Gasteiger partial charge >= 0.3 is 0 Å². The van der Waals surface area contributed by atoms with E-state index in [1.54, 1.807) is 0 Å². The molecule has 0 bridgehead atoms. The Hall–Kier alpha value is -1.93. The number of benzene rings is 2.